The highest BCUT2D eigenvalue weighted by Crippen LogP contribution is 2.46. The first kappa shape index (κ1) is 24.3. The van der Waals surface area contributed by atoms with Crippen LogP contribution in [0.15, 0.2) is 53.4 Å². The van der Waals surface area contributed by atoms with E-state index in [0.717, 1.165) is 10.4 Å². The van der Waals surface area contributed by atoms with Crippen molar-refractivity contribution in [3.8, 4) is 17.2 Å². The van der Waals surface area contributed by atoms with Gasteiger partial charge in [-0.25, -0.2) is 0 Å². The Labute approximate surface area is 208 Å². The van der Waals surface area contributed by atoms with Crippen LogP contribution in [0, 0.1) is 13.8 Å². The van der Waals surface area contributed by atoms with Gasteiger partial charge in [-0.05, 0) is 54.6 Å². The third-order valence-corrected chi connectivity index (χ3v) is 7.03. The maximum absolute atomic E-state index is 13.4. The number of para-hydroxylation sites is 1. The van der Waals surface area contributed by atoms with Crippen LogP contribution in [0.1, 0.15) is 33.2 Å². The highest BCUT2D eigenvalue weighted by atomic mass is 32.1. The van der Waals surface area contributed by atoms with E-state index in [-0.39, 0.29) is 17.9 Å². The molecule has 0 spiro atoms. The zero-order valence-electron chi connectivity index (χ0n) is 20.2. The van der Waals surface area contributed by atoms with Crippen molar-refractivity contribution in [2.45, 2.75) is 26.4 Å². The molecular weight excluding hydrogens is 466 g/mol. The summed E-state index contributed by atoms with van der Waals surface area (Å²) in [7, 11) is 4.60. The number of nitrogens with zero attached hydrogens (tertiary/aromatic N) is 1. The summed E-state index contributed by atoms with van der Waals surface area (Å²) in [5.74, 6) is -0.146. The molecule has 35 heavy (non-hydrogen) atoms. The zero-order valence-corrected chi connectivity index (χ0v) is 21.1. The quantitative estimate of drug-likeness (QED) is 0.283. The SMILES string of the molecule is COc1cc(C)c(/C(O)=C2\C(=O)C(=O)N(Cc3cccs3)C2c2cccc(OC)c2OC)cc1C. The second-order valence-corrected chi connectivity index (χ2v) is 9.26. The molecular formula is C27H27NO6S. The Kier molecular flexibility index (Phi) is 6.84. The fourth-order valence-corrected chi connectivity index (χ4v) is 5.18. The standard InChI is InChI=1S/C27H27NO6S/c1-15-13-21(33-4)16(2)12-19(15)24(29)22-23(18-9-6-10-20(32-3)26(18)34-5)28(27(31)25(22)30)14-17-8-7-11-35-17/h6-13,23,29H,14H2,1-5H3/b24-22+. The van der Waals surface area contributed by atoms with Crippen molar-refractivity contribution in [1.29, 1.82) is 0 Å². The third-order valence-electron chi connectivity index (χ3n) is 6.17. The van der Waals surface area contributed by atoms with Gasteiger partial charge in [-0.1, -0.05) is 18.2 Å². The summed E-state index contributed by atoms with van der Waals surface area (Å²) in [5.41, 5.74) is 2.52. The van der Waals surface area contributed by atoms with Crippen LogP contribution in [0.3, 0.4) is 0 Å². The molecule has 1 aliphatic heterocycles. The number of carbonyl (C=O) groups is 2. The number of aryl methyl sites for hydroxylation is 2. The minimum absolute atomic E-state index is 0.00535. The lowest BCUT2D eigenvalue weighted by molar-refractivity contribution is -0.140. The van der Waals surface area contributed by atoms with Gasteiger partial charge in [0.2, 0.25) is 0 Å². The molecule has 1 unspecified atom stereocenters. The average Bonchev–Trinajstić information content (AvgIpc) is 3.46. The van der Waals surface area contributed by atoms with Crippen molar-refractivity contribution in [2.24, 2.45) is 0 Å². The fourth-order valence-electron chi connectivity index (χ4n) is 4.47. The molecule has 2 aromatic carbocycles. The summed E-state index contributed by atoms with van der Waals surface area (Å²) in [4.78, 5) is 29.1. The number of ether oxygens (including phenoxy) is 3. The van der Waals surface area contributed by atoms with Crippen LogP contribution in [0.25, 0.3) is 5.76 Å². The lowest BCUT2D eigenvalue weighted by Crippen LogP contribution is -2.29. The van der Waals surface area contributed by atoms with Gasteiger partial charge in [0.25, 0.3) is 11.7 Å². The Bertz CT molecular complexity index is 1310. The van der Waals surface area contributed by atoms with E-state index in [4.69, 9.17) is 14.2 Å². The number of methoxy groups -OCH3 is 3. The molecule has 1 amide bonds. The number of hydrogen-bond acceptors (Lipinski definition) is 7. The van der Waals surface area contributed by atoms with Gasteiger partial charge >= 0.3 is 0 Å². The van der Waals surface area contributed by atoms with Crippen molar-refractivity contribution < 1.29 is 28.9 Å². The Morgan fingerprint density at radius 2 is 1.71 bits per heavy atom. The number of thiophene rings is 1. The number of aliphatic hydroxyl groups excluding tert-OH is 1. The van der Waals surface area contributed by atoms with Gasteiger partial charge in [0.05, 0.1) is 39.5 Å². The molecule has 0 radical (unpaired) electrons. The van der Waals surface area contributed by atoms with Gasteiger partial charge in [-0.2, -0.15) is 0 Å². The van der Waals surface area contributed by atoms with E-state index in [1.165, 1.54) is 30.5 Å². The van der Waals surface area contributed by atoms with Gasteiger partial charge < -0.3 is 24.2 Å². The Morgan fingerprint density at radius 3 is 2.34 bits per heavy atom. The van der Waals surface area contributed by atoms with E-state index in [1.54, 1.807) is 37.4 Å². The Balaban J connectivity index is 1.97. The Hall–Kier alpha value is -3.78. The summed E-state index contributed by atoms with van der Waals surface area (Å²) in [5, 5.41) is 13.4. The van der Waals surface area contributed by atoms with E-state index in [1.807, 2.05) is 31.4 Å². The second kappa shape index (κ2) is 9.84. The number of benzene rings is 2. The topological polar surface area (TPSA) is 85.3 Å². The van der Waals surface area contributed by atoms with Gasteiger partial charge in [0.15, 0.2) is 11.5 Å². The Morgan fingerprint density at radius 1 is 0.971 bits per heavy atom. The first-order valence-electron chi connectivity index (χ1n) is 11.0. The molecule has 1 aromatic heterocycles. The van der Waals surface area contributed by atoms with E-state index < -0.39 is 17.7 Å². The molecule has 0 saturated carbocycles. The van der Waals surface area contributed by atoms with Crippen LogP contribution < -0.4 is 14.2 Å². The summed E-state index contributed by atoms with van der Waals surface area (Å²) in [6.45, 7) is 3.89. The van der Waals surface area contributed by atoms with Gasteiger partial charge in [-0.15, -0.1) is 11.3 Å². The third kappa shape index (κ3) is 4.25. The molecule has 0 bridgehead atoms. The molecule has 1 atom stereocenters. The molecule has 1 fully saturated rings. The van der Waals surface area contributed by atoms with Gasteiger partial charge in [-0.3, -0.25) is 9.59 Å². The van der Waals surface area contributed by atoms with Crippen LogP contribution in [-0.4, -0.2) is 43.0 Å². The number of ketones is 1. The van der Waals surface area contributed by atoms with Crippen LogP contribution >= 0.6 is 11.3 Å². The molecule has 1 N–H and O–H groups in total. The number of likely N-dealkylation sites (tertiary alicyclic amines) is 1. The minimum Gasteiger partial charge on any atom is -0.507 e. The maximum atomic E-state index is 13.4. The highest BCUT2D eigenvalue weighted by molar-refractivity contribution is 7.09. The molecule has 2 heterocycles. The number of hydrogen-bond donors (Lipinski definition) is 1. The van der Waals surface area contributed by atoms with E-state index in [2.05, 4.69) is 0 Å². The van der Waals surface area contributed by atoms with Gasteiger partial charge in [0.1, 0.15) is 11.5 Å². The predicted molar refractivity (Wildman–Crippen MR) is 134 cm³/mol. The van der Waals surface area contributed by atoms with Crippen molar-refractivity contribution in [3.05, 3.63) is 80.5 Å². The zero-order chi connectivity index (χ0) is 25.3. The second-order valence-electron chi connectivity index (χ2n) is 8.23. The average molecular weight is 494 g/mol. The fraction of sp³-hybridized carbons (Fsp3) is 0.259. The molecule has 0 aliphatic carbocycles. The maximum Gasteiger partial charge on any atom is 0.295 e. The largest absolute Gasteiger partial charge is 0.507 e. The van der Waals surface area contributed by atoms with Crippen LogP contribution in [0.4, 0.5) is 0 Å². The van der Waals surface area contributed by atoms with Crippen LogP contribution in [0.2, 0.25) is 0 Å². The molecule has 182 valence electrons. The monoisotopic (exact) mass is 493 g/mol. The highest BCUT2D eigenvalue weighted by Gasteiger charge is 2.47. The van der Waals surface area contributed by atoms with E-state index >= 15 is 0 Å². The molecule has 3 aromatic rings. The molecule has 4 rings (SSSR count). The molecule has 1 saturated heterocycles. The lowest BCUT2D eigenvalue weighted by Gasteiger charge is -2.27. The predicted octanol–water partition coefficient (Wildman–Crippen LogP) is 5.01. The van der Waals surface area contributed by atoms with Crippen molar-refractivity contribution in [2.75, 3.05) is 21.3 Å². The summed E-state index contributed by atoms with van der Waals surface area (Å²) >= 11 is 1.49. The van der Waals surface area contributed by atoms with Crippen molar-refractivity contribution in [1.82, 2.24) is 4.90 Å². The molecule has 7 nitrogen and oxygen atoms in total. The minimum atomic E-state index is -0.871. The summed E-state index contributed by atoms with van der Waals surface area (Å²) < 4.78 is 16.5. The number of aliphatic hydroxyl groups is 1. The summed E-state index contributed by atoms with van der Waals surface area (Å²) in [6.07, 6.45) is 0. The molecule has 8 heteroatoms. The van der Waals surface area contributed by atoms with Gasteiger partial charge in [0, 0.05) is 16.0 Å². The van der Waals surface area contributed by atoms with Crippen molar-refractivity contribution in [3.63, 3.8) is 0 Å². The van der Waals surface area contributed by atoms with E-state index in [9.17, 15) is 14.7 Å². The lowest BCUT2D eigenvalue weighted by atomic mass is 9.92. The van der Waals surface area contributed by atoms with Crippen LogP contribution in [0.5, 0.6) is 17.2 Å². The summed E-state index contributed by atoms with van der Waals surface area (Å²) in [6, 6.07) is 11.8. The van der Waals surface area contributed by atoms with E-state index in [0.29, 0.717) is 33.9 Å². The smallest absolute Gasteiger partial charge is 0.295 e. The molecule has 1 aliphatic rings. The normalized spacial score (nSPS) is 17.1. The number of Topliss-reactive ketones (excluding diaryl/α,β-unsaturated/α-hetero) is 1. The first-order valence-corrected chi connectivity index (χ1v) is 11.9. The number of amides is 1. The van der Waals surface area contributed by atoms with Crippen LogP contribution in [-0.2, 0) is 16.1 Å². The number of carbonyl (C=O) groups excluding carboxylic acids is 2. The number of rotatable bonds is 7. The van der Waals surface area contributed by atoms with Crippen molar-refractivity contribution >= 4 is 28.8 Å². The first-order chi connectivity index (χ1) is 16.8.